The Morgan fingerprint density at radius 2 is 2.00 bits per heavy atom. The average molecular weight is 275 g/mol. The monoisotopic (exact) mass is 275 g/mol. The molecule has 0 unspecified atom stereocenters. The van der Waals surface area contributed by atoms with Crippen molar-refractivity contribution < 1.29 is 14.4 Å². The Morgan fingerprint density at radius 3 is 2.65 bits per heavy atom. The lowest BCUT2D eigenvalue weighted by Gasteiger charge is -2.05. The third-order valence-electron chi connectivity index (χ3n) is 2.80. The molecule has 0 heterocycles. The molecular weight excluding hydrogens is 254 g/mol. The van der Waals surface area contributed by atoms with Crippen molar-refractivity contribution >= 4 is 11.9 Å². The molecule has 1 aromatic rings. The largest absolute Gasteiger partial charge is 0.534 e. The first-order valence-corrected chi connectivity index (χ1v) is 6.72. The number of carbonyl (C=O) groups is 1. The van der Waals surface area contributed by atoms with Crippen LogP contribution in [0.25, 0.3) is 0 Å². The molecule has 0 aliphatic rings. The van der Waals surface area contributed by atoms with Crippen molar-refractivity contribution in [1.82, 2.24) is 0 Å². The smallest absolute Gasteiger partial charge is 0.436 e. The highest BCUT2D eigenvalue weighted by Crippen LogP contribution is 2.07. The number of carbonyl (C=O) groups excluding carboxylic acids is 1. The highest BCUT2D eigenvalue weighted by molar-refractivity contribution is 5.84. The summed E-state index contributed by atoms with van der Waals surface area (Å²) in [7, 11) is 1.27. The lowest BCUT2D eigenvalue weighted by atomic mass is 10.0. The van der Waals surface area contributed by atoms with Crippen LogP contribution < -0.4 is 0 Å². The fourth-order valence-electron chi connectivity index (χ4n) is 1.71. The van der Waals surface area contributed by atoms with Gasteiger partial charge >= 0.3 is 6.16 Å². The Balaban J connectivity index is 2.54. The zero-order valence-electron chi connectivity index (χ0n) is 12.0. The topological polar surface area (TPSA) is 47.9 Å². The van der Waals surface area contributed by atoms with E-state index >= 15 is 0 Å². The molecule has 0 saturated heterocycles. The molecule has 0 bridgehead atoms. The van der Waals surface area contributed by atoms with Crippen LogP contribution in [0.3, 0.4) is 0 Å². The van der Waals surface area contributed by atoms with E-state index in [4.69, 9.17) is 0 Å². The summed E-state index contributed by atoms with van der Waals surface area (Å²) >= 11 is 0. The molecule has 0 atom stereocenters. The Kier molecular flexibility index (Phi) is 7.80. The zero-order chi connectivity index (χ0) is 14.6. The molecule has 1 rings (SSSR count). The molecule has 0 radical (unpaired) electrons. The van der Waals surface area contributed by atoms with E-state index in [9.17, 15) is 4.79 Å². The van der Waals surface area contributed by atoms with Gasteiger partial charge in [0.15, 0.2) is 0 Å². The predicted molar refractivity (Wildman–Crippen MR) is 79.7 cm³/mol. The molecule has 0 N–H and O–H groups in total. The maximum Gasteiger partial charge on any atom is 0.534 e. The van der Waals surface area contributed by atoms with Gasteiger partial charge in [-0.2, -0.15) is 0 Å². The Bertz CT molecular complexity index is 452. The second-order valence-electron chi connectivity index (χ2n) is 4.30. The van der Waals surface area contributed by atoms with Crippen LogP contribution in [0.1, 0.15) is 31.7 Å². The first kappa shape index (κ1) is 16.0. The minimum Gasteiger partial charge on any atom is -0.436 e. The van der Waals surface area contributed by atoms with Gasteiger partial charge in [0.1, 0.15) is 0 Å². The lowest BCUT2D eigenvalue weighted by molar-refractivity contribution is 0.0749. The summed E-state index contributed by atoms with van der Waals surface area (Å²) in [5, 5.41) is 3.89. The van der Waals surface area contributed by atoms with Crippen LogP contribution in [0.2, 0.25) is 0 Å². The van der Waals surface area contributed by atoms with E-state index in [2.05, 4.69) is 32.9 Å². The van der Waals surface area contributed by atoms with E-state index < -0.39 is 6.16 Å². The molecule has 4 nitrogen and oxygen atoms in total. The van der Waals surface area contributed by atoms with E-state index in [0.29, 0.717) is 0 Å². The molecular formula is C16H21NO3. The molecule has 0 spiro atoms. The fraction of sp³-hybridized carbons (Fsp3) is 0.375. The summed E-state index contributed by atoms with van der Waals surface area (Å²) in [6.07, 6.45) is 6.57. The molecule has 0 saturated carbocycles. The van der Waals surface area contributed by atoms with Gasteiger partial charge < -0.3 is 4.74 Å². The average Bonchev–Trinajstić information content (AvgIpc) is 2.50. The van der Waals surface area contributed by atoms with Gasteiger partial charge in [0.05, 0.1) is 12.8 Å². The van der Waals surface area contributed by atoms with Crippen LogP contribution in [0.4, 0.5) is 4.79 Å². The van der Waals surface area contributed by atoms with E-state index in [1.807, 2.05) is 31.2 Å². The van der Waals surface area contributed by atoms with Crippen LogP contribution in [0.5, 0.6) is 0 Å². The van der Waals surface area contributed by atoms with Crippen molar-refractivity contribution in [3.63, 3.8) is 0 Å². The van der Waals surface area contributed by atoms with E-state index in [-0.39, 0.29) is 0 Å². The number of ether oxygens (including phenoxy) is 1. The number of allylic oxidation sites excluding steroid dienone is 2. The molecule has 0 aliphatic carbocycles. The number of hydrogen-bond acceptors (Lipinski definition) is 4. The van der Waals surface area contributed by atoms with Crippen molar-refractivity contribution in [2.45, 2.75) is 32.6 Å². The first-order chi connectivity index (χ1) is 9.76. The molecule has 1 aromatic carbocycles. The summed E-state index contributed by atoms with van der Waals surface area (Å²) < 4.78 is 4.41. The van der Waals surface area contributed by atoms with Gasteiger partial charge in [0.25, 0.3) is 0 Å². The molecule has 0 aromatic heterocycles. The van der Waals surface area contributed by atoms with Crippen molar-refractivity contribution in [3.05, 3.63) is 48.0 Å². The summed E-state index contributed by atoms with van der Waals surface area (Å²) in [6.45, 7) is 1.98. The van der Waals surface area contributed by atoms with Crippen LogP contribution in [-0.2, 0) is 16.0 Å². The van der Waals surface area contributed by atoms with Crippen LogP contribution in [-0.4, -0.2) is 19.0 Å². The van der Waals surface area contributed by atoms with E-state index in [1.54, 1.807) is 0 Å². The highest BCUT2D eigenvalue weighted by atomic mass is 16.8. The molecule has 4 heteroatoms. The van der Waals surface area contributed by atoms with E-state index in [0.717, 1.165) is 31.4 Å². The molecule has 108 valence electrons. The van der Waals surface area contributed by atoms with Gasteiger partial charge in [-0.25, -0.2) is 4.79 Å². The molecule has 0 amide bonds. The highest BCUT2D eigenvalue weighted by Gasteiger charge is 2.04. The van der Waals surface area contributed by atoms with Gasteiger partial charge in [-0.3, -0.25) is 4.84 Å². The Labute approximate surface area is 120 Å². The van der Waals surface area contributed by atoms with Crippen molar-refractivity contribution in [3.8, 4) is 0 Å². The van der Waals surface area contributed by atoms with Gasteiger partial charge in [-0.1, -0.05) is 47.6 Å². The Morgan fingerprint density at radius 1 is 1.25 bits per heavy atom. The quantitative estimate of drug-likeness (QED) is 0.247. The maximum atomic E-state index is 11.0. The molecule has 0 fully saturated rings. The minimum absolute atomic E-state index is 0.762. The Hall–Kier alpha value is -2.10. The van der Waals surface area contributed by atoms with Gasteiger partial charge in [0.2, 0.25) is 0 Å². The van der Waals surface area contributed by atoms with Crippen LogP contribution in [0, 0.1) is 0 Å². The normalized spacial score (nSPS) is 11.6. The van der Waals surface area contributed by atoms with Crippen molar-refractivity contribution in [2.75, 3.05) is 7.11 Å². The van der Waals surface area contributed by atoms with Crippen LogP contribution >= 0.6 is 0 Å². The van der Waals surface area contributed by atoms with E-state index in [1.165, 1.54) is 12.7 Å². The number of aryl methyl sites for hydroxylation is 1. The van der Waals surface area contributed by atoms with Gasteiger partial charge in [-0.15, -0.1) is 0 Å². The maximum absolute atomic E-state index is 11.0. The number of oxime groups is 1. The fourth-order valence-corrected chi connectivity index (χ4v) is 1.71. The lowest BCUT2D eigenvalue weighted by Crippen LogP contribution is -2.06. The standard InChI is InChI=1S/C16H21NO3/c1-3-4-6-11-15(17-20-16(18)19-2)13-12-14-9-7-5-8-10-14/h3-5,7-10H,6,11-13H2,1-2H3/b4-3+,17-15+. The summed E-state index contributed by atoms with van der Waals surface area (Å²) in [4.78, 5) is 15.6. The number of benzene rings is 1. The number of methoxy groups -OCH3 is 1. The molecule has 20 heavy (non-hydrogen) atoms. The molecule has 0 aliphatic heterocycles. The van der Waals surface area contributed by atoms with Crippen molar-refractivity contribution in [2.24, 2.45) is 5.16 Å². The SMILES string of the molecule is C/C=C/CC/C(CCc1ccccc1)=N\OC(=O)OC. The third-order valence-corrected chi connectivity index (χ3v) is 2.80. The number of hydrogen-bond donors (Lipinski definition) is 0. The summed E-state index contributed by atoms with van der Waals surface area (Å²) in [6, 6.07) is 10.2. The van der Waals surface area contributed by atoms with Gasteiger partial charge in [0, 0.05) is 0 Å². The zero-order valence-corrected chi connectivity index (χ0v) is 12.0. The summed E-state index contributed by atoms with van der Waals surface area (Å²) in [5.74, 6) is 0. The van der Waals surface area contributed by atoms with Gasteiger partial charge in [-0.05, 0) is 38.2 Å². The second kappa shape index (κ2) is 9.78. The van der Waals surface area contributed by atoms with Crippen molar-refractivity contribution in [1.29, 1.82) is 0 Å². The minimum atomic E-state index is -0.784. The number of rotatable bonds is 7. The second-order valence-corrected chi connectivity index (χ2v) is 4.30. The predicted octanol–water partition coefficient (Wildman–Crippen LogP) is 4.11. The number of nitrogens with zero attached hydrogens (tertiary/aromatic N) is 1. The third kappa shape index (κ3) is 6.73. The first-order valence-electron chi connectivity index (χ1n) is 6.72. The van der Waals surface area contributed by atoms with Crippen LogP contribution in [0.15, 0.2) is 47.6 Å². The summed E-state index contributed by atoms with van der Waals surface area (Å²) in [5.41, 5.74) is 2.10.